The quantitative estimate of drug-likeness (QED) is 0.851. The van der Waals surface area contributed by atoms with Crippen molar-refractivity contribution >= 4 is 5.91 Å². The number of amides is 1. The lowest BCUT2D eigenvalue weighted by Crippen LogP contribution is -2.39. The van der Waals surface area contributed by atoms with Gasteiger partial charge in [0.25, 0.3) is 5.91 Å². The van der Waals surface area contributed by atoms with Crippen molar-refractivity contribution in [2.45, 2.75) is 57.8 Å². The van der Waals surface area contributed by atoms with E-state index in [0.717, 1.165) is 49.3 Å². The number of nitrogens with one attached hydrogen (secondary N) is 1. The predicted octanol–water partition coefficient (Wildman–Crippen LogP) is 2.29. The number of ether oxygens (including phenoxy) is 2. The Kier molecular flexibility index (Phi) is 5.50. The van der Waals surface area contributed by atoms with Crippen molar-refractivity contribution in [1.82, 2.24) is 24.9 Å². The molecule has 4 heterocycles. The van der Waals surface area contributed by atoms with Gasteiger partial charge in [-0.05, 0) is 38.2 Å². The summed E-state index contributed by atoms with van der Waals surface area (Å²) in [7, 11) is 1.67. The fourth-order valence-corrected chi connectivity index (χ4v) is 4.42. The third-order valence-corrected chi connectivity index (χ3v) is 5.88. The van der Waals surface area contributed by atoms with E-state index >= 15 is 0 Å². The van der Waals surface area contributed by atoms with E-state index in [1.165, 1.54) is 5.56 Å². The van der Waals surface area contributed by atoms with Gasteiger partial charge in [0.05, 0.1) is 37.3 Å². The Hall–Kier alpha value is -2.19. The first-order valence-electron chi connectivity index (χ1n) is 10.1. The first-order valence-corrected chi connectivity index (χ1v) is 10.1. The first-order chi connectivity index (χ1) is 13.6. The summed E-state index contributed by atoms with van der Waals surface area (Å²) in [6.45, 7) is 6.65. The highest BCUT2D eigenvalue weighted by atomic mass is 16.5. The fourth-order valence-electron chi connectivity index (χ4n) is 4.42. The Morgan fingerprint density at radius 2 is 2.14 bits per heavy atom. The summed E-state index contributed by atoms with van der Waals surface area (Å²) in [6.07, 6.45) is 6.47. The van der Waals surface area contributed by atoms with Crippen LogP contribution < -0.4 is 0 Å². The predicted molar refractivity (Wildman–Crippen MR) is 103 cm³/mol. The van der Waals surface area contributed by atoms with Crippen molar-refractivity contribution in [3.63, 3.8) is 0 Å². The molecule has 8 nitrogen and oxygen atoms in total. The minimum Gasteiger partial charge on any atom is -0.383 e. The van der Waals surface area contributed by atoms with Gasteiger partial charge in [-0.1, -0.05) is 0 Å². The summed E-state index contributed by atoms with van der Waals surface area (Å²) in [6, 6.07) is 0. The second-order valence-corrected chi connectivity index (χ2v) is 7.82. The normalized spacial score (nSPS) is 23.0. The van der Waals surface area contributed by atoms with E-state index in [1.54, 1.807) is 7.11 Å². The number of piperidine rings is 1. The molecule has 1 fully saturated rings. The van der Waals surface area contributed by atoms with Crippen molar-refractivity contribution < 1.29 is 14.3 Å². The number of H-pyrrole nitrogens is 1. The smallest absolute Gasteiger partial charge is 0.272 e. The summed E-state index contributed by atoms with van der Waals surface area (Å²) in [5.41, 5.74) is 3.89. The largest absolute Gasteiger partial charge is 0.383 e. The monoisotopic (exact) mass is 387 g/mol. The zero-order chi connectivity index (χ0) is 19.7. The van der Waals surface area contributed by atoms with Crippen molar-refractivity contribution in [2.75, 3.05) is 26.8 Å². The molecule has 0 unspecified atom stereocenters. The van der Waals surface area contributed by atoms with E-state index in [4.69, 9.17) is 14.6 Å². The van der Waals surface area contributed by atoms with Crippen LogP contribution in [-0.2, 0) is 22.4 Å². The number of rotatable bonds is 5. The molecule has 0 aromatic carbocycles. The Labute approximate surface area is 165 Å². The van der Waals surface area contributed by atoms with Gasteiger partial charge < -0.3 is 14.4 Å². The van der Waals surface area contributed by atoms with Gasteiger partial charge >= 0.3 is 0 Å². The molecule has 2 atom stereocenters. The van der Waals surface area contributed by atoms with E-state index < -0.39 is 0 Å². The number of aromatic amines is 1. The molecule has 1 amide bonds. The molecule has 1 saturated heterocycles. The Bertz CT molecular complexity index is 808. The summed E-state index contributed by atoms with van der Waals surface area (Å²) >= 11 is 0. The molecule has 1 N–H and O–H groups in total. The minimum atomic E-state index is -0.0964. The molecule has 2 aromatic rings. The van der Waals surface area contributed by atoms with Crippen LogP contribution >= 0.6 is 0 Å². The SMILES string of the molecule is COCCn1nc2c(c1C(=O)N1CCC(c3cn[nH]c3)CC1)C[C@H](C)O[C@@H]2C. The van der Waals surface area contributed by atoms with Gasteiger partial charge in [-0.25, -0.2) is 0 Å². The van der Waals surface area contributed by atoms with Gasteiger partial charge in [-0.15, -0.1) is 0 Å². The van der Waals surface area contributed by atoms with Gasteiger partial charge in [-0.2, -0.15) is 10.2 Å². The summed E-state index contributed by atoms with van der Waals surface area (Å²) in [5.74, 6) is 0.542. The van der Waals surface area contributed by atoms with Crippen LogP contribution in [0.4, 0.5) is 0 Å². The number of methoxy groups -OCH3 is 1. The average Bonchev–Trinajstić information content (AvgIpc) is 3.34. The van der Waals surface area contributed by atoms with Crippen molar-refractivity contribution in [2.24, 2.45) is 0 Å². The second-order valence-electron chi connectivity index (χ2n) is 7.82. The zero-order valence-corrected chi connectivity index (χ0v) is 16.9. The third kappa shape index (κ3) is 3.58. The van der Waals surface area contributed by atoms with Gasteiger partial charge in [-0.3, -0.25) is 14.6 Å². The standard InChI is InChI=1S/C20H29N5O3/c1-13-10-17-18(14(2)28-13)23-25(8-9-27-3)19(17)20(26)24-6-4-15(5-7-24)16-11-21-22-12-16/h11-15H,4-10H2,1-3H3,(H,21,22)/t13-,14+/m0/s1. The van der Waals surface area contributed by atoms with Crippen LogP contribution in [-0.4, -0.2) is 63.7 Å². The highest BCUT2D eigenvalue weighted by molar-refractivity contribution is 5.94. The lowest BCUT2D eigenvalue weighted by atomic mass is 9.91. The summed E-state index contributed by atoms with van der Waals surface area (Å²) in [4.78, 5) is 15.5. The molecule has 4 rings (SSSR count). The van der Waals surface area contributed by atoms with Crippen molar-refractivity contribution in [3.8, 4) is 0 Å². The third-order valence-electron chi connectivity index (χ3n) is 5.88. The molecule has 0 saturated carbocycles. The molecule has 28 heavy (non-hydrogen) atoms. The van der Waals surface area contributed by atoms with Crippen molar-refractivity contribution in [1.29, 1.82) is 0 Å². The molecule has 8 heteroatoms. The zero-order valence-electron chi connectivity index (χ0n) is 16.9. The molecule has 0 radical (unpaired) electrons. The number of carbonyl (C=O) groups excluding carboxylic acids is 1. The lowest BCUT2D eigenvalue weighted by molar-refractivity contribution is -0.00721. The fraction of sp³-hybridized carbons (Fsp3) is 0.650. The van der Waals surface area contributed by atoms with Gasteiger partial charge in [0.15, 0.2) is 0 Å². The lowest BCUT2D eigenvalue weighted by Gasteiger charge is -2.32. The second kappa shape index (κ2) is 8.05. The van der Waals surface area contributed by atoms with Crippen LogP contribution in [0.3, 0.4) is 0 Å². The van der Waals surface area contributed by atoms with Crippen LogP contribution in [0, 0.1) is 0 Å². The molecule has 2 aliphatic rings. The van der Waals surface area contributed by atoms with Gasteiger partial charge in [0.1, 0.15) is 5.69 Å². The van der Waals surface area contributed by atoms with Gasteiger partial charge in [0, 0.05) is 38.4 Å². The Morgan fingerprint density at radius 1 is 1.36 bits per heavy atom. The number of aromatic nitrogens is 4. The summed E-state index contributed by atoms with van der Waals surface area (Å²) < 4.78 is 13.0. The van der Waals surface area contributed by atoms with Crippen molar-refractivity contribution in [3.05, 3.63) is 34.9 Å². The van der Waals surface area contributed by atoms with Crippen LogP contribution in [0.2, 0.25) is 0 Å². The molecule has 0 spiro atoms. The summed E-state index contributed by atoms with van der Waals surface area (Å²) in [5, 5.41) is 11.7. The highest BCUT2D eigenvalue weighted by Crippen LogP contribution is 2.33. The van der Waals surface area contributed by atoms with Crippen LogP contribution in [0.1, 0.15) is 66.0 Å². The molecular formula is C20H29N5O3. The molecule has 2 aromatic heterocycles. The highest BCUT2D eigenvalue weighted by Gasteiger charge is 2.35. The number of carbonyl (C=O) groups is 1. The minimum absolute atomic E-state index is 0.0804. The average molecular weight is 387 g/mol. The number of hydrogen-bond acceptors (Lipinski definition) is 5. The Balaban J connectivity index is 1.56. The van der Waals surface area contributed by atoms with E-state index in [9.17, 15) is 4.79 Å². The van der Waals surface area contributed by atoms with E-state index in [0.29, 0.717) is 19.1 Å². The molecule has 0 bridgehead atoms. The molecule has 152 valence electrons. The molecule has 2 aliphatic heterocycles. The number of hydrogen-bond donors (Lipinski definition) is 1. The van der Waals surface area contributed by atoms with E-state index in [1.807, 2.05) is 28.9 Å². The maximum atomic E-state index is 13.5. The maximum absolute atomic E-state index is 13.5. The number of fused-ring (bicyclic) bond motifs is 1. The topological polar surface area (TPSA) is 85.3 Å². The van der Waals surface area contributed by atoms with Crippen LogP contribution in [0.5, 0.6) is 0 Å². The first kappa shape index (κ1) is 19.1. The molecular weight excluding hydrogens is 358 g/mol. The van der Waals surface area contributed by atoms with Crippen LogP contribution in [0.25, 0.3) is 0 Å². The number of likely N-dealkylation sites (tertiary alicyclic amines) is 1. The van der Waals surface area contributed by atoms with E-state index in [-0.39, 0.29) is 18.1 Å². The van der Waals surface area contributed by atoms with E-state index in [2.05, 4.69) is 17.1 Å². The maximum Gasteiger partial charge on any atom is 0.272 e. The Morgan fingerprint density at radius 3 is 2.82 bits per heavy atom. The van der Waals surface area contributed by atoms with Gasteiger partial charge in [0.2, 0.25) is 0 Å². The number of nitrogens with zero attached hydrogens (tertiary/aromatic N) is 4. The van der Waals surface area contributed by atoms with Crippen LogP contribution in [0.15, 0.2) is 12.4 Å². The molecule has 0 aliphatic carbocycles.